The van der Waals surface area contributed by atoms with Gasteiger partial charge in [0, 0.05) is 30.5 Å². The molecule has 2 saturated heterocycles. The zero-order chi connectivity index (χ0) is 25.9. The lowest BCUT2D eigenvalue weighted by molar-refractivity contribution is -0.134. The molecule has 2 aromatic heterocycles. The van der Waals surface area contributed by atoms with E-state index in [-0.39, 0.29) is 48.4 Å². The minimum atomic E-state index is -2.79. The van der Waals surface area contributed by atoms with E-state index in [0.717, 1.165) is 12.1 Å². The van der Waals surface area contributed by atoms with Gasteiger partial charge < -0.3 is 29.0 Å². The van der Waals surface area contributed by atoms with Crippen molar-refractivity contribution in [1.29, 1.82) is 0 Å². The number of alkyl halides is 2. The summed E-state index contributed by atoms with van der Waals surface area (Å²) in [5, 5.41) is 10.2. The number of benzene rings is 1. The average molecular weight is 544 g/mol. The average Bonchev–Trinajstić information content (AvgIpc) is 3.49. The van der Waals surface area contributed by atoms with Crippen LogP contribution in [0.4, 0.5) is 17.6 Å². The molecule has 3 aliphatic rings. The molecule has 0 spiro atoms. The number of hydrogen-bond acceptors (Lipinski definition) is 7. The molecule has 37 heavy (non-hydrogen) atoms. The Balaban J connectivity index is 1.13. The number of nitrogens with one attached hydrogen (secondary N) is 1. The molecule has 6 rings (SSSR count). The summed E-state index contributed by atoms with van der Waals surface area (Å²) in [7, 11) is 0. The molecule has 3 fully saturated rings. The standard InChI is InChI=1S/C24H22ClF4N3O5/c25-13-5-17-22(32-23(31-17)37-19-9-35-20-18(33)8-34-21(19)20)30-16(13)2-1-12-14(26)3-10(4-15(12)27)36-11-6-24(28,29)7-11/h3-5,11,18-21,33H,1-2,6-9H2,(H,30,31,32)/t18-,19-,20-,21-/m1/s1. The molecular weight excluding hydrogens is 522 g/mol. The zero-order valence-electron chi connectivity index (χ0n) is 19.2. The Kier molecular flexibility index (Phi) is 6.17. The van der Waals surface area contributed by atoms with Gasteiger partial charge in [-0.2, -0.15) is 4.98 Å². The molecule has 0 bridgehead atoms. The molecule has 3 aromatic rings. The molecule has 1 aromatic carbocycles. The van der Waals surface area contributed by atoms with Crippen molar-refractivity contribution in [2.45, 2.75) is 62.1 Å². The molecule has 8 nitrogen and oxygen atoms in total. The lowest BCUT2D eigenvalue weighted by Gasteiger charge is -2.34. The van der Waals surface area contributed by atoms with Crippen LogP contribution in [-0.2, 0) is 22.3 Å². The van der Waals surface area contributed by atoms with Crippen LogP contribution in [0, 0.1) is 11.6 Å². The molecule has 4 heterocycles. The largest absolute Gasteiger partial charge is 0.490 e. The summed E-state index contributed by atoms with van der Waals surface area (Å²) >= 11 is 6.36. The summed E-state index contributed by atoms with van der Waals surface area (Å²) in [5.74, 6) is -4.61. The summed E-state index contributed by atoms with van der Waals surface area (Å²) in [5.41, 5.74) is 1.01. The quantitative estimate of drug-likeness (QED) is 0.438. The predicted molar refractivity (Wildman–Crippen MR) is 121 cm³/mol. The van der Waals surface area contributed by atoms with E-state index in [1.54, 1.807) is 6.07 Å². The van der Waals surface area contributed by atoms with Crippen LogP contribution in [0.15, 0.2) is 18.2 Å². The first-order valence-corrected chi connectivity index (χ1v) is 12.2. The van der Waals surface area contributed by atoms with Gasteiger partial charge in [0.05, 0.1) is 29.4 Å². The molecule has 2 aliphatic heterocycles. The van der Waals surface area contributed by atoms with E-state index >= 15 is 0 Å². The summed E-state index contributed by atoms with van der Waals surface area (Å²) in [4.78, 5) is 11.7. The number of halogens is 5. The highest BCUT2D eigenvalue weighted by Gasteiger charge is 2.49. The van der Waals surface area contributed by atoms with Crippen molar-refractivity contribution in [2.24, 2.45) is 0 Å². The number of rotatable bonds is 7. The van der Waals surface area contributed by atoms with Crippen molar-refractivity contribution in [2.75, 3.05) is 13.2 Å². The third-order valence-corrected chi connectivity index (χ3v) is 7.13. The van der Waals surface area contributed by atoms with Crippen molar-refractivity contribution in [3.05, 3.63) is 46.1 Å². The van der Waals surface area contributed by atoms with Crippen LogP contribution in [-0.4, -0.2) is 69.7 Å². The van der Waals surface area contributed by atoms with Gasteiger partial charge in [0.15, 0.2) is 11.8 Å². The Morgan fingerprint density at radius 2 is 1.76 bits per heavy atom. The summed E-state index contributed by atoms with van der Waals surface area (Å²) in [6.07, 6.45) is -3.67. The number of aromatic amines is 1. The molecule has 0 radical (unpaired) electrons. The van der Waals surface area contributed by atoms with Crippen molar-refractivity contribution in [3.8, 4) is 11.8 Å². The Labute approximate surface area is 212 Å². The predicted octanol–water partition coefficient (Wildman–Crippen LogP) is 3.76. The van der Waals surface area contributed by atoms with E-state index in [2.05, 4.69) is 15.0 Å². The van der Waals surface area contributed by atoms with Gasteiger partial charge >= 0.3 is 0 Å². The smallest absolute Gasteiger partial charge is 0.296 e. The Hall–Kier alpha value is -2.67. The van der Waals surface area contributed by atoms with Crippen LogP contribution in [0.1, 0.15) is 24.1 Å². The van der Waals surface area contributed by atoms with Gasteiger partial charge in [-0.15, -0.1) is 0 Å². The van der Waals surface area contributed by atoms with Crippen LogP contribution in [0.2, 0.25) is 5.02 Å². The maximum atomic E-state index is 14.6. The maximum Gasteiger partial charge on any atom is 0.296 e. The van der Waals surface area contributed by atoms with E-state index in [1.807, 2.05) is 0 Å². The number of aromatic nitrogens is 3. The van der Waals surface area contributed by atoms with E-state index in [1.165, 1.54) is 0 Å². The molecular formula is C24H22ClF4N3O5. The van der Waals surface area contributed by atoms with Gasteiger partial charge in [-0.25, -0.2) is 22.5 Å². The lowest BCUT2D eigenvalue weighted by atomic mass is 9.91. The number of nitrogens with zero attached hydrogens (tertiary/aromatic N) is 2. The molecule has 1 aliphatic carbocycles. The van der Waals surface area contributed by atoms with E-state index in [0.29, 0.717) is 16.9 Å². The number of aryl methyl sites for hydroxylation is 1. The van der Waals surface area contributed by atoms with Gasteiger partial charge in [0.25, 0.3) is 11.9 Å². The van der Waals surface area contributed by atoms with Crippen LogP contribution >= 0.6 is 11.6 Å². The zero-order valence-corrected chi connectivity index (χ0v) is 20.0. The molecule has 198 valence electrons. The number of pyridine rings is 1. The molecule has 13 heteroatoms. The van der Waals surface area contributed by atoms with Gasteiger partial charge in [-0.1, -0.05) is 11.6 Å². The highest BCUT2D eigenvalue weighted by atomic mass is 35.5. The summed E-state index contributed by atoms with van der Waals surface area (Å²) in [6.45, 7) is 0.406. The SMILES string of the molecule is O[C@@H]1CO[C@H]2[C@@H]1OC[C@H]2Oc1nc2nc(CCc3c(F)cc(OC4CC(F)(F)C4)cc3F)c(Cl)cc2[nH]1. The van der Waals surface area contributed by atoms with Crippen molar-refractivity contribution in [3.63, 3.8) is 0 Å². The van der Waals surface area contributed by atoms with Gasteiger partial charge in [0.2, 0.25) is 0 Å². The number of imidazole rings is 1. The number of fused-ring (bicyclic) bond motifs is 2. The van der Waals surface area contributed by atoms with E-state index in [9.17, 15) is 22.7 Å². The summed E-state index contributed by atoms with van der Waals surface area (Å²) < 4.78 is 77.4. The second-order valence-electron chi connectivity index (χ2n) is 9.52. The molecule has 0 unspecified atom stereocenters. The minimum Gasteiger partial charge on any atom is -0.490 e. The normalized spacial score (nSPS) is 26.9. The second-order valence-corrected chi connectivity index (χ2v) is 9.93. The highest BCUT2D eigenvalue weighted by Crippen LogP contribution is 2.40. The van der Waals surface area contributed by atoms with E-state index in [4.69, 9.17) is 30.5 Å². The molecule has 2 N–H and O–H groups in total. The Morgan fingerprint density at radius 3 is 2.49 bits per heavy atom. The maximum absolute atomic E-state index is 14.6. The molecule has 1 saturated carbocycles. The molecule has 0 amide bonds. The Morgan fingerprint density at radius 1 is 1.03 bits per heavy atom. The first kappa shape index (κ1) is 24.7. The monoisotopic (exact) mass is 543 g/mol. The fourth-order valence-corrected chi connectivity index (χ4v) is 5.11. The third-order valence-electron chi connectivity index (χ3n) is 6.80. The number of H-pyrrole nitrogens is 1. The first-order chi connectivity index (χ1) is 17.6. The second kappa shape index (κ2) is 9.26. The first-order valence-electron chi connectivity index (χ1n) is 11.8. The number of ether oxygens (including phenoxy) is 4. The topological polar surface area (TPSA) is 98.7 Å². The summed E-state index contributed by atoms with van der Waals surface area (Å²) in [6, 6.07) is 3.76. The number of aliphatic hydroxyl groups is 1. The number of aliphatic hydroxyl groups excluding tert-OH is 1. The number of hydrogen-bond donors (Lipinski definition) is 2. The van der Waals surface area contributed by atoms with Crippen molar-refractivity contribution >= 4 is 22.8 Å². The van der Waals surface area contributed by atoms with Crippen molar-refractivity contribution in [1.82, 2.24) is 15.0 Å². The van der Waals surface area contributed by atoms with Crippen LogP contribution in [0.25, 0.3) is 11.2 Å². The van der Waals surface area contributed by atoms with Gasteiger partial charge in [0.1, 0.15) is 41.8 Å². The lowest BCUT2D eigenvalue weighted by Crippen LogP contribution is -2.43. The van der Waals surface area contributed by atoms with Gasteiger partial charge in [-0.05, 0) is 18.9 Å². The fraction of sp³-hybridized carbons (Fsp3) is 0.500. The van der Waals surface area contributed by atoms with Crippen LogP contribution in [0.3, 0.4) is 0 Å². The molecule has 4 atom stereocenters. The van der Waals surface area contributed by atoms with Crippen LogP contribution in [0.5, 0.6) is 11.8 Å². The van der Waals surface area contributed by atoms with Crippen LogP contribution < -0.4 is 9.47 Å². The fourth-order valence-electron chi connectivity index (χ4n) is 4.86. The third kappa shape index (κ3) is 4.83. The van der Waals surface area contributed by atoms with Gasteiger partial charge in [-0.3, -0.25) is 0 Å². The highest BCUT2D eigenvalue weighted by molar-refractivity contribution is 6.31. The van der Waals surface area contributed by atoms with Crippen molar-refractivity contribution < 1.29 is 41.6 Å². The Bertz CT molecular complexity index is 1310. The minimum absolute atomic E-state index is 0.0480. The van der Waals surface area contributed by atoms with E-state index < -0.39 is 60.9 Å².